The van der Waals surface area contributed by atoms with Gasteiger partial charge in [0.1, 0.15) is 0 Å². The van der Waals surface area contributed by atoms with Gasteiger partial charge in [0.25, 0.3) is 6.71 Å². The summed E-state index contributed by atoms with van der Waals surface area (Å²) in [5.41, 5.74) is 15.4. The van der Waals surface area contributed by atoms with Crippen LogP contribution in [0.4, 0.5) is 0 Å². The molecule has 0 aliphatic carbocycles. The maximum atomic E-state index is 4.74. The van der Waals surface area contributed by atoms with E-state index in [9.17, 15) is 0 Å². The number of hydrogen-bond donors (Lipinski definition) is 0. The number of aromatic nitrogens is 4. The van der Waals surface area contributed by atoms with Crippen LogP contribution in [0.2, 0.25) is 0 Å². The van der Waals surface area contributed by atoms with Gasteiger partial charge in [0, 0.05) is 61.9 Å². The molecule has 0 N–H and O–H groups in total. The summed E-state index contributed by atoms with van der Waals surface area (Å²) >= 11 is 0. The molecular weight excluding hydrogens is 571 g/mol. The van der Waals surface area contributed by atoms with Gasteiger partial charge in [0.15, 0.2) is 5.82 Å². The van der Waals surface area contributed by atoms with Gasteiger partial charge in [-0.1, -0.05) is 90.1 Å². The first kappa shape index (κ1) is 27.0. The summed E-state index contributed by atoms with van der Waals surface area (Å²) in [6.45, 7) is 13.9. The number of nitrogens with zero attached hydrogens (tertiary/aromatic N) is 4. The highest BCUT2D eigenvalue weighted by Gasteiger charge is 2.41. The molecule has 2 aliphatic heterocycles. The van der Waals surface area contributed by atoms with Gasteiger partial charge in [-0.2, -0.15) is 0 Å². The SMILES string of the molecule is CC(C)(C)c1ccc2c(c1)c1cccc3c1n2-c1cc(-c2ncccn2)cc2c1B3c1cccc3c4cc(C(C)(C)C)ccc4n-2c13. The summed E-state index contributed by atoms with van der Waals surface area (Å²) in [7, 11) is 0. The number of fused-ring (bicyclic) bond motifs is 10. The first-order valence-corrected chi connectivity index (χ1v) is 16.7. The first-order valence-electron chi connectivity index (χ1n) is 16.7. The highest BCUT2D eigenvalue weighted by molar-refractivity contribution is 7.00. The molecular formula is C42H35BN4. The summed E-state index contributed by atoms with van der Waals surface area (Å²) < 4.78 is 5.06. The molecule has 0 spiro atoms. The van der Waals surface area contributed by atoms with Crippen molar-refractivity contribution in [2.75, 3.05) is 0 Å². The minimum absolute atomic E-state index is 0.0574. The van der Waals surface area contributed by atoms with Gasteiger partial charge in [0.05, 0.1) is 11.0 Å². The van der Waals surface area contributed by atoms with Gasteiger partial charge in [-0.3, -0.25) is 0 Å². The van der Waals surface area contributed by atoms with E-state index < -0.39 is 0 Å². The van der Waals surface area contributed by atoms with Crippen LogP contribution in [-0.2, 0) is 10.8 Å². The van der Waals surface area contributed by atoms with Crippen LogP contribution in [-0.4, -0.2) is 25.8 Å². The lowest BCUT2D eigenvalue weighted by Gasteiger charge is -2.34. The Morgan fingerprint density at radius 2 is 1.02 bits per heavy atom. The van der Waals surface area contributed by atoms with Gasteiger partial charge < -0.3 is 9.13 Å². The van der Waals surface area contributed by atoms with Gasteiger partial charge >= 0.3 is 0 Å². The van der Waals surface area contributed by atoms with Crippen molar-refractivity contribution in [2.24, 2.45) is 0 Å². The second-order valence-corrected chi connectivity index (χ2v) is 15.6. The average molecular weight is 607 g/mol. The molecule has 8 aromatic rings. The van der Waals surface area contributed by atoms with Crippen LogP contribution >= 0.6 is 0 Å². The van der Waals surface area contributed by atoms with E-state index in [2.05, 4.69) is 136 Å². The Kier molecular flexibility index (Phi) is 5.06. The molecule has 0 fully saturated rings. The van der Waals surface area contributed by atoms with Crippen molar-refractivity contribution in [2.45, 2.75) is 52.4 Å². The fourth-order valence-electron chi connectivity index (χ4n) is 8.43. The minimum Gasteiger partial charge on any atom is -0.310 e. The molecule has 3 aromatic heterocycles. The lowest BCUT2D eigenvalue weighted by Crippen LogP contribution is -2.59. The molecule has 0 radical (unpaired) electrons. The van der Waals surface area contributed by atoms with E-state index in [0.29, 0.717) is 0 Å². The Morgan fingerprint density at radius 3 is 1.49 bits per heavy atom. The van der Waals surface area contributed by atoms with Crippen molar-refractivity contribution >= 4 is 66.7 Å². The Morgan fingerprint density at radius 1 is 0.532 bits per heavy atom. The second-order valence-electron chi connectivity index (χ2n) is 15.6. The Labute approximate surface area is 274 Å². The normalized spacial score (nSPS) is 13.7. The lowest BCUT2D eigenvalue weighted by atomic mass is 9.34. The molecule has 2 aliphatic rings. The Bertz CT molecular complexity index is 2480. The molecule has 0 saturated heterocycles. The quantitative estimate of drug-likeness (QED) is 0.177. The molecule has 0 amide bonds. The molecule has 0 bridgehead atoms. The van der Waals surface area contributed by atoms with Crippen LogP contribution in [0, 0.1) is 0 Å². The topological polar surface area (TPSA) is 35.6 Å². The molecule has 47 heavy (non-hydrogen) atoms. The predicted molar refractivity (Wildman–Crippen MR) is 198 cm³/mol. The summed E-state index contributed by atoms with van der Waals surface area (Å²) in [5.74, 6) is 0.742. The minimum atomic E-state index is 0.0574. The molecule has 5 heteroatoms. The highest BCUT2D eigenvalue weighted by atomic mass is 15.0. The number of benzene rings is 5. The average Bonchev–Trinajstić information content (AvgIpc) is 3.58. The van der Waals surface area contributed by atoms with E-state index >= 15 is 0 Å². The van der Waals surface area contributed by atoms with Crippen LogP contribution in [0.3, 0.4) is 0 Å². The van der Waals surface area contributed by atoms with Crippen molar-refractivity contribution in [3.63, 3.8) is 0 Å². The lowest BCUT2D eigenvalue weighted by molar-refractivity contribution is 0.591. The van der Waals surface area contributed by atoms with Crippen molar-refractivity contribution in [1.29, 1.82) is 0 Å². The van der Waals surface area contributed by atoms with Gasteiger partial charge in [0.2, 0.25) is 0 Å². The number of para-hydroxylation sites is 2. The molecule has 10 rings (SSSR count). The maximum Gasteiger partial charge on any atom is 0.252 e. The zero-order valence-electron chi connectivity index (χ0n) is 27.7. The summed E-state index contributed by atoms with van der Waals surface area (Å²) in [5, 5.41) is 5.23. The van der Waals surface area contributed by atoms with Crippen molar-refractivity contribution in [3.05, 3.63) is 115 Å². The fraction of sp³-hybridized carbons (Fsp3) is 0.190. The first-order chi connectivity index (χ1) is 22.6. The van der Waals surface area contributed by atoms with E-state index in [1.807, 2.05) is 18.5 Å². The van der Waals surface area contributed by atoms with Gasteiger partial charge in [-0.15, -0.1) is 0 Å². The third kappa shape index (κ3) is 3.49. The predicted octanol–water partition coefficient (Wildman–Crippen LogP) is 8.08. The summed E-state index contributed by atoms with van der Waals surface area (Å²) in [4.78, 5) is 9.49. The monoisotopic (exact) mass is 606 g/mol. The standard InChI is InChI=1S/C42H35BN4/c1-41(2,3)25-14-16-33-29(22-25)27-10-7-12-31-38(27)46(33)35-20-24(40-44-18-9-19-45-40)21-36-37(35)43(31)32-13-8-11-28-30-23-26(42(4,5)6)15-17-34(30)47(36)39(28)32/h7-23H,1-6H3. The van der Waals surface area contributed by atoms with Crippen LogP contribution < -0.4 is 16.4 Å². The zero-order valence-corrected chi connectivity index (χ0v) is 27.7. The third-order valence-electron chi connectivity index (χ3n) is 10.7. The third-order valence-corrected chi connectivity index (χ3v) is 10.7. The van der Waals surface area contributed by atoms with E-state index in [0.717, 1.165) is 11.4 Å². The zero-order chi connectivity index (χ0) is 32.0. The van der Waals surface area contributed by atoms with E-state index in [-0.39, 0.29) is 17.5 Å². The smallest absolute Gasteiger partial charge is 0.252 e. The summed E-state index contributed by atoms with van der Waals surface area (Å²) in [6, 6.07) is 34.6. The highest BCUT2D eigenvalue weighted by Crippen LogP contribution is 2.41. The van der Waals surface area contributed by atoms with Gasteiger partial charge in [-0.05, 0) is 80.8 Å². The van der Waals surface area contributed by atoms with Crippen LogP contribution in [0.5, 0.6) is 0 Å². The molecule has 226 valence electrons. The number of hydrogen-bond acceptors (Lipinski definition) is 2. The molecule has 0 unspecified atom stereocenters. The Hall–Kier alpha value is -5.16. The maximum absolute atomic E-state index is 4.74. The van der Waals surface area contributed by atoms with Crippen molar-refractivity contribution < 1.29 is 0 Å². The summed E-state index contributed by atoms with van der Waals surface area (Å²) in [6.07, 6.45) is 3.69. The van der Waals surface area contributed by atoms with E-state index in [1.165, 1.54) is 82.5 Å². The van der Waals surface area contributed by atoms with Crippen LogP contribution in [0.1, 0.15) is 52.7 Å². The molecule has 5 aromatic carbocycles. The van der Waals surface area contributed by atoms with Crippen molar-refractivity contribution in [3.8, 4) is 22.8 Å². The van der Waals surface area contributed by atoms with E-state index in [1.54, 1.807) is 0 Å². The van der Waals surface area contributed by atoms with Crippen molar-refractivity contribution in [1.82, 2.24) is 19.1 Å². The molecule has 5 heterocycles. The fourth-order valence-corrected chi connectivity index (χ4v) is 8.43. The molecule has 4 nitrogen and oxygen atoms in total. The second kappa shape index (κ2) is 8.80. The Balaban J connectivity index is 1.41. The number of rotatable bonds is 1. The largest absolute Gasteiger partial charge is 0.310 e. The molecule has 0 atom stereocenters. The molecule has 0 saturated carbocycles. The van der Waals surface area contributed by atoms with Crippen LogP contribution in [0.15, 0.2) is 103 Å². The van der Waals surface area contributed by atoms with Crippen LogP contribution in [0.25, 0.3) is 66.4 Å². The van der Waals surface area contributed by atoms with Gasteiger partial charge in [-0.25, -0.2) is 9.97 Å². The van der Waals surface area contributed by atoms with E-state index in [4.69, 9.17) is 9.97 Å².